The Bertz CT molecular complexity index is 931. The van der Waals surface area contributed by atoms with Gasteiger partial charge in [0.15, 0.2) is 0 Å². The van der Waals surface area contributed by atoms with Gasteiger partial charge in [-0.15, -0.1) is 0 Å². The fourth-order valence-electron chi connectivity index (χ4n) is 3.92. The molecule has 0 radical (unpaired) electrons. The van der Waals surface area contributed by atoms with E-state index in [1.165, 1.54) is 23.9 Å². The molecule has 1 fully saturated rings. The molecule has 160 valence electrons. The standard InChI is InChI=1S/C23H30N4O3/c1-25-22(29)20-13-18(15-27(23(20)30)14-17-5-3-2-4-6-17)21(28)26-12-11-16-7-9-19(24)10-8-16/h2-6,13,15-16,19H,7-12,14,24H2,1H3,(H,25,29)(H,26,28). The van der Waals surface area contributed by atoms with Gasteiger partial charge < -0.3 is 20.9 Å². The summed E-state index contributed by atoms with van der Waals surface area (Å²) in [6.07, 6.45) is 6.71. The van der Waals surface area contributed by atoms with Gasteiger partial charge in [-0.3, -0.25) is 14.4 Å². The minimum absolute atomic E-state index is 0.0395. The molecule has 1 aromatic heterocycles. The van der Waals surface area contributed by atoms with Crippen molar-refractivity contribution in [2.75, 3.05) is 13.6 Å². The van der Waals surface area contributed by atoms with Crippen molar-refractivity contribution in [3.63, 3.8) is 0 Å². The van der Waals surface area contributed by atoms with Crippen molar-refractivity contribution in [1.82, 2.24) is 15.2 Å². The molecule has 1 saturated carbocycles. The molecule has 0 spiro atoms. The summed E-state index contributed by atoms with van der Waals surface area (Å²) in [5.41, 5.74) is 6.70. The van der Waals surface area contributed by atoms with Crippen LogP contribution in [-0.4, -0.2) is 36.0 Å². The maximum atomic E-state index is 12.8. The van der Waals surface area contributed by atoms with E-state index in [1.807, 2.05) is 30.3 Å². The van der Waals surface area contributed by atoms with Crippen LogP contribution < -0.4 is 21.9 Å². The number of nitrogens with two attached hydrogens (primary N) is 1. The maximum Gasteiger partial charge on any atom is 0.263 e. The molecule has 0 aliphatic heterocycles. The first kappa shape index (κ1) is 21.8. The van der Waals surface area contributed by atoms with Crippen LogP contribution in [0.1, 0.15) is 58.4 Å². The number of aromatic nitrogens is 1. The highest BCUT2D eigenvalue weighted by molar-refractivity contribution is 5.99. The Hall–Kier alpha value is -2.93. The number of benzene rings is 1. The van der Waals surface area contributed by atoms with Gasteiger partial charge in [-0.2, -0.15) is 0 Å². The summed E-state index contributed by atoms with van der Waals surface area (Å²) in [6, 6.07) is 11.1. The Morgan fingerprint density at radius 3 is 2.47 bits per heavy atom. The molecule has 0 atom stereocenters. The highest BCUT2D eigenvalue weighted by atomic mass is 16.2. The summed E-state index contributed by atoms with van der Waals surface area (Å²) in [7, 11) is 1.46. The molecule has 1 heterocycles. The van der Waals surface area contributed by atoms with Crippen molar-refractivity contribution in [3.05, 3.63) is 69.6 Å². The van der Waals surface area contributed by atoms with E-state index in [1.54, 1.807) is 0 Å². The maximum absolute atomic E-state index is 12.8. The highest BCUT2D eigenvalue weighted by Crippen LogP contribution is 2.25. The van der Waals surface area contributed by atoms with Gasteiger partial charge in [-0.25, -0.2) is 0 Å². The Balaban J connectivity index is 1.73. The quantitative estimate of drug-likeness (QED) is 0.648. The molecule has 3 rings (SSSR count). The number of nitrogens with zero attached hydrogens (tertiary/aromatic N) is 1. The lowest BCUT2D eigenvalue weighted by atomic mass is 9.84. The van der Waals surface area contributed by atoms with E-state index < -0.39 is 11.5 Å². The largest absolute Gasteiger partial charge is 0.355 e. The minimum Gasteiger partial charge on any atom is -0.355 e. The number of carbonyl (C=O) groups excluding carboxylic acids is 2. The first-order valence-corrected chi connectivity index (χ1v) is 10.5. The molecule has 7 nitrogen and oxygen atoms in total. The van der Waals surface area contributed by atoms with Crippen LogP contribution in [0.3, 0.4) is 0 Å². The highest BCUT2D eigenvalue weighted by Gasteiger charge is 2.20. The number of rotatable bonds is 7. The van der Waals surface area contributed by atoms with Gasteiger partial charge in [0.2, 0.25) is 0 Å². The fourth-order valence-corrected chi connectivity index (χ4v) is 3.92. The fraction of sp³-hybridized carbons (Fsp3) is 0.435. The third-order valence-corrected chi connectivity index (χ3v) is 5.75. The molecule has 2 amide bonds. The van der Waals surface area contributed by atoms with Crippen LogP contribution in [0, 0.1) is 5.92 Å². The third kappa shape index (κ3) is 5.57. The molecule has 1 aliphatic carbocycles. The van der Waals surface area contributed by atoms with E-state index in [9.17, 15) is 14.4 Å². The van der Waals surface area contributed by atoms with Crippen LogP contribution in [0.2, 0.25) is 0 Å². The van der Waals surface area contributed by atoms with E-state index >= 15 is 0 Å². The summed E-state index contributed by atoms with van der Waals surface area (Å²) in [4.78, 5) is 37.7. The zero-order valence-electron chi connectivity index (χ0n) is 17.4. The van der Waals surface area contributed by atoms with Gasteiger partial charge >= 0.3 is 0 Å². The normalized spacial score (nSPS) is 18.6. The molecule has 1 aromatic carbocycles. The van der Waals surface area contributed by atoms with E-state index in [0.29, 0.717) is 24.1 Å². The number of pyridine rings is 1. The number of amides is 2. The lowest BCUT2D eigenvalue weighted by Gasteiger charge is -2.26. The zero-order valence-corrected chi connectivity index (χ0v) is 17.4. The average Bonchev–Trinajstić information content (AvgIpc) is 2.76. The van der Waals surface area contributed by atoms with Crippen molar-refractivity contribution in [2.24, 2.45) is 11.7 Å². The summed E-state index contributed by atoms with van der Waals surface area (Å²) in [5.74, 6) is -0.206. The van der Waals surface area contributed by atoms with Crippen molar-refractivity contribution < 1.29 is 9.59 Å². The predicted molar refractivity (Wildman–Crippen MR) is 117 cm³/mol. The molecular formula is C23H30N4O3. The van der Waals surface area contributed by atoms with E-state index in [2.05, 4.69) is 10.6 Å². The number of hydrogen-bond acceptors (Lipinski definition) is 4. The molecule has 4 N–H and O–H groups in total. The van der Waals surface area contributed by atoms with E-state index in [-0.39, 0.29) is 18.0 Å². The summed E-state index contributed by atoms with van der Waals surface area (Å²) < 4.78 is 1.41. The molecule has 7 heteroatoms. The first-order valence-electron chi connectivity index (χ1n) is 10.5. The van der Waals surface area contributed by atoms with Crippen LogP contribution in [0.4, 0.5) is 0 Å². The lowest BCUT2D eigenvalue weighted by molar-refractivity contribution is 0.0949. The van der Waals surface area contributed by atoms with E-state index in [0.717, 1.165) is 37.7 Å². The monoisotopic (exact) mass is 410 g/mol. The van der Waals surface area contributed by atoms with Gasteiger partial charge in [0, 0.05) is 25.8 Å². The lowest BCUT2D eigenvalue weighted by Crippen LogP contribution is -2.34. The molecule has 2 aromatic rings. The summed E-state index contributed by atoms with van der Waals surface area (Å²) >= 11 is 0. The number of carbonyl (C=O) groups is 2. The van der Waals surface area contributed by atoms with Gasteiger partial charge in [-0.1, -0.05) is 30.3 Å². The Morgan fingerprint density at radius 1 is 1.10 bits per heavy atom. The Morgan fingerprint density at radius 2 is 1.80 bits per heavy atom. The van der Waals surface area contributed by atoms with Crippen LogP contribution in [-0.2, 0) is 6.54 Å². The van der Waals surface area contributed by atoms with Gasteiger partial charge in [0.05, 0.1) is 12.1 Å². The van der Waals surface area contributed by atoms with Gasteiger partial charge in [0.1, 0.15) is 5.56 Å². The van der Waals surface area contributed by atoms with Crippen molar-refractivity contribution in [1.29, 1.82) is 0 Å². The molecule has 0 saturated heterocycles. The zero-order chi connectivity index (χ0) is 21.5. The Kier molecular flexibility index (Phi) is 7.41. The summed E-state index contributed by atoms with van der Waals surface area (Å²) in [6.45, 7) is 0.846. The second-order valence-corrected chi connectivity index (χ2v) is 7.97. The molecule has 30 heavy (non-hydrogen) atoms. The second-order valence-electron chi connectivity index (χ2n) is 7.97. The van der Waals surface area contributed by atoms with Crippen LogP contribution in [0.25, 0.3) is 0 Å². The first-order chi connectivity index (χ1) is 14.5. The molecule has 1 aliphatic rings. The van der Waals surface area contributed by atoms with Crippen molar-refractivity contribution >= 4 is 11.8 Å². The smallest absolute Gasteiger partial charge is 0.263 e. The third-order valence-electron chi connectivity index (χ3n) is 5.75. The topological polar surface area (TPSA) is 106 Å². The average molecular weight is 411 g/mol. The van der Waals surface area contributed by atoms with Gasteiger partial charge in [-0.05, 0) is 49.7 Å². The second kappa shape index (κ2) is 10.2. The number of nitrogens with one attached hydrogen (secondary N) is 2. The SMILES string of the molecule is CNC(=O)c1cc(C(=O)NCCC2CCC(N)CC2)cn(Cc2ccccc2)c1=O. The van der Waals surface area contributed by atoms with Crippen molar-refractivity contribution in [2.45, 2.75) is 44.7 Å². The Labute approximate surface area is 176 Å². The van der Waals surface area contributed by atoms with Crippen LogP contribution in [0.5, 0.6) is 0 Å². The van der Waals surface area contributed by atoms with Gasteiger partial charge in [0.25, 0.3) is 17.4 Å². The van der Waals surface area contributed by atoms with Crippen LogP contribution >= 0.6 is 0 Å². The number of hydrogen-bond donors (Lipinski definition) is 3. The van der Waals surface area contributed by atoms with E-state index in [4.69, 9.17) is 5.73 Å². The summed E-state index contributed by atoms with van der Waals surface area (Å²) in [5, 5.41) is 5.41. The van der Waals surface area contributed by atoms with Crippen LogP contribution in [0.15, 0.2) is 47.4 Å². The minimum atomic E-state index is -0.505. The van der Waals surface area contributed by atoms with Crippen molar-refractivity contribution in [3.8, 4) is 0 Å². The predicted octanol–water partition coefficient (Wildman–Crippen LogP) is 1.89. The molecule has 0 bridgehead atoms. The molecular weight excluding hydrogens is 380 g/mol. The molecule has 0 unspecified atom stereocenters.